The summed E-state index contributed by atoms with van der Waals surface area (Å²) in [5, 5.41) is 1.17. The Hall–Kier alpha value is -2.84. The number of carbonyl (C=O) groups is 1. The highest BCUT2D eigenvalue weighted by atomic mass is 32.2. The highest BCUT2D eigenvalue weighted by Crippen LogP contribution is 2.47. The smallest absolute Gasteiger partial charge is 0.264 e. The molecule has 7 nitrogen and oxygen atoms in total. The molecule has 2 aliphatic heterocycles. The van der Waals surface area contributed by atoms with Crippen LogP contribution in [0.4, 0.5) is 0 Å². The lowest BCUT2D eigenvalue weighted by Gasteiger charge is -2.23. The molecule has 3 aromatic rings. The quantitative estimate of drug-likeness (QED) is 0.458. The highest BCUT2D eigenvalue weighted by Gasteiger charge is 2.32. The number of ether oxygens (including phenoxy) is 1. The number of nitrogens with zero attached hydrogens (tertiary/aromatic N) is 2. The van der Waals surface area contributed by atoms with E-state index in [-0.39, 0.29) is 11.9 Å². The topological polar surface area (TPSA) is 80.6 Å². The van der Waals surface area contributed by atoms with E-state index >= 15 is 0 Å². The molecular weight excluding hydrogens is 498 g/mol. The molecule has 2 aromatic carbocycles. The van der Waals surface area contributed by atoms with Crippen LogP contribution in [0.3, 0.4) is 0 Å². The third kappa shape index (κ3) is 4.96. The second-order valence-electron chi connectivity index (χ2n) is 11.2. The molecule has 1 saturated carbocycles. The minimum absolute atomic E-state index is 0.0135. The van der Waals surface area contributed by atoms with Crippen molar-refractivity contribution in [2.45, 2.75) is 69.9 Å². The van der Waals surface area contributed by atoms with Crippen LogP contribution in [0, 0.1) is 0 Å². The third-order valence-electron chi connectivity index (χ3n) is 8.49. The van der Waals surface area contributed by atoms with Gasteiger partial charge in [-0.3, -0.25) is 4.79 Å². The molecule has 0 saturated heterocycles. The molecule has 4 bridgehead atoms. The Morgan fingerprint density at radius 1 is 0.947 bits per heavy atom. The Labute approximate surface area is 225 Å². The number of aromatic nitrogens is 1. The van der Waals surface area contributed by atoms with Crippen molar-refractivity contribution in [3.05, 3.63) is 53.6 Å². The van der Waals surface area contributed by atoms with Crippen molar-refractivity contribution in [2.75, 3.05) is 25.9 Å². The van der Waals surface area contributed by atoms with Crippen LogP contribution < -0.4 is 9.46 Å². The molecule has 0 spiro atoms. The minimum Gasteiger partial charge on any atom is -0.488 e. The molecule has 1 aliphatic carbocycles. The summed E-state index contributed by atoms with van der Waals surface area (Å²) in [7, 11) is -1.62. The molecule has 38 heavy (non-hydrogen) atoms. The molecule has 1 amide bonds. The zero-order valence-corrected chi connectivity index (χ0v) is 22.9. The number of carbonyl (C=O) groups excluding carboxylic acids is 1. The Kier molecular flexibility index (Phi) is 6.95. The molecule has 3 aliphatic rings. The summed E-state index contributed by atoms with van der Waals surface area (Å²) in [6.07, 6.45) is 8.15. The summed E-state index contributed by atoms with van der Waals surface area (Å²) in [6.45, 7) is 2.35. The number of hydrogen-bond donors (Lipinski definition) is 1. The van der Waals surface area contributed by atoms with Crippen molar-refractivity contribution in [2.24, 2.45) is 0 Å². The first kappa shape index (κ1) is 25.4. The highest BCUT2D eigenvalue weighted by molar-refractivity contribution is 7.90. The van der Waals surface area contributed by atoms with E-state index in [0.717, 1.165) is 55.6 Å². The molecule has 1 N–H and O–H groups in total. The number of amides is 1. The molecule has 1 unspecified atom stereocenters. The molecule has 1 atom stereocenters. The molecular formula is C30H37N3O4S. The van der Waals surface area contributed by atoms with Crippen molar-refractivity contribution in [3.8, 4) is 17.0 Å². The molecule has 1 aromatic heterocycles. The first-order valence-corrected chi connectivity index (χ1v) is 15.7. The largest absolute Gasteiger partial charge is 0.488 e. The van der Waals surface area contributed by atoms with E-state index in [0.29, 0.717) is 24.4 Å². The number of rotatable bonds is 1. The fourth-order valence-electron chi connectivity index (χ4n) is 6.54. The average Bonchev–Trinajstić information content (AvgIpc) is 3.12. The first-order chi connectivity index (χ1) is 18.4. The van der Waals surface area contributed by atoms with Gasteiger partial charge in [-0.05, 0) is 81.4 Å². The van der Waals surface area contributed by atoms with Gasteiger partial charge in [-0.2, -0.15) is 0 Å². The van der Waals surface area contributed by atoms with E-state index in [9.17, 15) is 13.2 Å². The lowest BCUT2D eigenvalue weighted by atomic mass is 9.81. The van der Waals surface area contributed by atoms with Crippen LogP contribution in [0.25, 0.3) is 22.2 Å². The van der Waals surface area contributed by atoms with Crippen LogP contribution >= 0.6 is 0 Å². The zero-order valence-electron chi connectivity index (χ0n) is 22.1. The van der Waals surface area contributed by atoms with Gasteiger partial charge < -0.3 is 14.2 Å². The number of sulfonamides is 1. The average molecular weight is 536 g/mol. The van der Waals surface area contributed by atoms with Gasteiger partial charge in [0.25, 0.3) is 5.91 Å². The van der Waals surface area contributed by atoms with Crippen molar-refractivity contribution in [3.63, 3.8) is 0 Å². The van der Waals surface area contributed by atoms with E-state index < -0.39 is 15.9 Å². The molecule has 6 rings (SSSR count). The Bertz CT molecular complexity index is 1460. The van der Waals surface area contributed by atoms with Crippen LogP contribution in [0.1, 0.15) is 73.2 Å². The predicted octanol–water partition coefficient (Wildman–Crippen LogP) is 5.29. The SMILES string of the molecule is CN1CCCCS(=O)(=O)NC(=O)c2ccc3c(C4CCCCC4)c4n(c3c2)CC(CC1)Oc1ccccc1-4. The van der Waals surface area contributed by atoms with E-state index in [1.54, 1.807) is 6.07 Å². The maximum Gasteiger partial charge on any atom is 0.264 e. The maximum absolute atomic E-state index is 13.1. The van der Waals surface area contributed by atoms with E-state index in [2.05, 4.69) is 39.4 Å². The van der Waals surface area contributed by atoms with Crippen LogP contribution in [0.2, 0.25) is 0 Å². The normalized spacial score (nSPS) is 23.1. The van der Waals surface area contributed by atoms with E-state index in [1.165, 1.54) is 35.9 Å². The monoisotopic (exact) mass is 535 g/mol. The fourth-order valence-corrected chi connectivity index (χ4v) is 7.63. The third-order valence-corrected chi connectivity index (χ3v) is 9.81. The van der Waals surface area contributed by atoms with Gasteiger partial charge in [0.1, 0.15) is 11.9 Å². The number of nitrogens with one attached hydrogen (secondary N) is 1. The number of hydrogen-bond acceptors (Lipinski definition) is 5. The van der Waals surface area contributed by atoms with E-state index in [4.69, 9.17) is 4.74 Å². The van der Waals surface area contributed by atoms with Gasteiger partial charge in [-0.1, -0.05) is 37.5 Å². The van der Waals surface area contributed by atoms with Crippen molar-refractivity contribution >= 4 is 26.8 Å². The molecule has 3 heterocycles. The van der Waals surface area contributed by atoms with Crippen molar-refractivity contribution < 1.29 is 17.9 Å². The van der Waals surface area contributed by atoms with Crippen LogP contribution in [-0.2, 0) is 16.6 Å². The Morgan fingerprint density at radius 3 is 2.61 bits per heavy atom. The summed E-state index contributed by atoms with van der Waals surface area (Å²) in [4.78, 5) is 15.4. The second-order valence-corrected chi connectivity index (χ2v) is 13.1. The van der Waals surface area contributed by atoms with Gasteiger partial charge in [0.2, 0.25) is 10.0 Å². The van der Waals surface area contributed by atoms with Gasteiger partial charge in [-0.25, -0.2) is 13.1 Å². The van der Waals surface area contributed by atoms with Gasteiger partial charge in [0.05, 0.1) is 18.0 Å². The minimum atomic E-state index is -3.70. The summed E-state index contributed by atoms with van der Waals surface area (Å²) >= 11 is 0. The number of benzene rings is 2. The van der Waals surface area contributed by atoms with E-state index in [1.807, 2.05) is 18.2 Å². The lowest BCUT2D eigenvalue weighted by molar-refractivity contribution is 0.0981. The van der Waals surface area contributed by atoms with Gasteiger partial charge in [0.15, 0.2) is 0 Å². The molecule has 8 heteroatoms. The lowest BCUT2D eigenvalue weighted by Crippen LogP contribution is -2.33. The van der Waals surface area contributed by atoms with Crippen LogP contribution in [0.5, 0.6) is 5.75 Å². The first-order valence-electron chi connectivity index (χ1n) is 14.1. The van der Waals surface area contributed by atoms with Crippen molar-refractivity contribution in [1.82, 2.24) is 14.2 Å². The predicted molar refractivity (Wildman–Crippen MR) is 150 cm³/mol. The van der Waals surface area contributed by atoms with Gasteiger partial charge in [-0.15, -0.1) is 0 Å². The van der Waals surface area contributed by atoms with Crippen LogP contribution in [-0.4, -0.2) is 55.8 Å². The summed E-state index contributed by atoms with van der Waals surface area (Å²) in [5.41, 5.74) is 5.01. The Morgan fingerprint density at radius 2 is 1.76 bits per heavy atom. The Balaban J connectivity index is 1.56. The number of para-hydroxylation sites is 1. The summed E-state index contributed by atoms with van der Waals surface area (Å²) in [6, 6.07) is 14.1. The molecule has 0 radical (unpaired) electrons. The number of fused-ring (bicyclic) bond motifs is 4. The zero-order chi connectivity index (χ0) is 26.3. The van der Waals surface area contributed by atoms with Gasteiger partial charge in [0, 0.05) is 28.6 Å². The maximum atomic E-state index is 13.1. The summed E-state index contributed by atoms with van der Waals surface area (Å²) in [5.74, 6) is 0.753. The second kappa shape index (κ2) is 10.4. The summed E-state index contributed by atoms with van der Waals surface area (Å²) < 4.78 is 36.7. The molecule has 202 valence electrons. The van der Waals surface area contributed by atoms with Gasteiger partial charge >= 0.3 is 0 Å². The van der Waals surface area contributed by atoms with Crippen LogP contribution in [0.15, 0.2) is 42.5 Å². The standard InChI is InChI=1S/C30H37N3O4S/c1-32-16-7-8-18-38(35,36)31-30(34)22-13-14-24-26(19-22)33-20-23(15-17-32)37-27-12-6-5-11-25(27)29(33)28(24)21-9-3-2-4-10-21/h5-6,11-14,19,21,23H,2-4,7-10,15-18,20H2,1H3,(H,31,34). The molecule has 1 fully saturated rings. The fraction of sp³-hybridized carbons (Fsp3) is 0.500. The van der Waals surface area contributed by atoms with Crippen molar-refractivity contribution in [1.29, 1.82) is 0 Å².